The third-order valence-corrected chi connectivity index (χ3v) is 6.32. The zero-order chi connectivity index (χ0) is 23.4. The molecule has 9 heteroatoms. The predicted octanol–water partition coefficient (Wildman–Crippen LogP) is 1.18. The molecule has 0 unspecified atom stereocenters. The smallest absolute Gasteiger partial charge is 0.280 e. The summed E-state index contributed by atoms with van der Waals surface area (Å²) in [4.78, 5) is 45.6. The van der Waals surface area contributed by atoms with Gasteiger partial charge >= 0.3 is 0 Å². The Kier molecular flexibility index (Phi) is 5.65. The maximum atomic E-state index is 13.4. The van der Waals surface area contributed by atoms with Gasteiger partial charge in [0.25, 0.3) is 11.5 Å². The summed E-state index contributed by atoms with van der Waals surface area (Å²) in [6.45, 7) is 14.0. The monoisotopic (exact) mass is 442 g/mol. The molecule has 0 aromatic carbocycles. The summed E-state index contributed by atoms with van der Waals surface area (Å²) in [5, 5.41) is 4.58. The van der Waals surface area contributed by atoms with Gasteiger partial charge in [-0.3, -0.25) is 14.4 Å². The summed E-state index contributed by atoms with van der Waals surface area (Å²) in [7, 11) is 2.04. The first-order valence-electron chi connectivity index (χ1n) is 11.4. The Hall–Kier alpha value is -2.68. The van der Waals surface area contributed by atoms with Crippen molar-refractivity contribution in [3.8, 4) is 0 Å². The minimum Gasteiger partial charge on any atom is -0.339 e. The van der Waals surface area contributed by atoms with Gasteiger partial charge in [0.05, 0.1) is 17.8 Å². The van der Waals surface area contributed by atoms with Crippen molar-refractivity contribution in [2.45, 2.75) is 53.1 Å². The zero-order valence-electron chi connectivity index (χ0n) is 20.0. The first kappa shape index (κ1) is 22.5. The number of carbonyl (C=O) groups is 2. The summed E-state index contributed by atoms with van der Waals surface area (Å²) in [5.41, 5.74) is 1.49. The van der Waals surface area contributed by atoms with Gasteiger partial charge in [-0.25, -0.2) is 0 Å². The average molecular weight is 443 g/mol. The normalized spacial score (nSPS) is 17.7. The van der Waals surface area contributed by atoms with E-state index >= 15 is 0 Å². The van der Waals surface area contributed by atoms with Crippen LogP contribution in [0.1, 0.15) is 56.4 Å². The molecule has 9 nitrogen and oxygen atoms in total. The van der Waals surface area contributed by atoms with Gasteiger partial charge in [-0.2, -0.15) is 9.61 Å². The quantitative estimate of drug-likeness (QED) is 0.710. The van der Waals surface area contributed by atoms with E-state index in [2.05, 4.69) is 10.00 Å². The van der Waals surface area contributed by atoms with Crippen LogP contribution in [0, 0.1) is 5.92 Å². The highest BCUT2D eigenvalue weighted by molar-refractivity contribution is 5.97. The SMILES string of the molecule is CC(C)CN1Cc2c(n(CC(=O)N3CCN(C)CC3)c3cc(C(C)(C)C)nn3c2=O)C1=O. The number of rotatable bonds is 4. The largest absolute Gasteiger partial charge is 0.339 e. The lowest BCUT2D eigenvalue weighted by atomic mass is 9.93. The van der Waals surface area contributed by atoms with E-state index in [4.69, 9.17) is 0 Å². The van der Waals surface area contributed by atoms with Gasteiger partial charge < -0.3 is 19.3 Å². The van der Waals surface area contributed by atoms with Crippen LogP contribution in [-0.2, 0) is 23.3 Å². The summed E-state index contributed by atoms with van der Waals surface area (Å²) in [5.74, 6) is 0.0535. The molecule has 0 bridgehead atoms. The van der Waals surface area contributed by atoms with Crippen LogP contribution in [-0.4, -0.2) is 80.5 Å². The maximum absolute atomic E-state index is 13.4. The van der Waals surface area contributed by atoms with Gasteiger partial charge in [0.15, 0.2) is 0 Å². The number of nitrogens with zero attached hydrogens (tertiary/aromatic N) is 6. The molecule has 2 aliphatic rings. The van der Waals surface area contributed by atoms with Gasteiger partial charge in [-0.05, 0) is 13.0 Å². The third-order valence-electron chi connectivity index (χ3n) is 6.32. The van der Waals surface area contributed by atoms with E-state index in [1.807, 2.05) is 52.6 Å². The van der Waals surface area contributed by atoms with Gasteiger partial charge in [0.2, 0.25) is 5.91 Å². The van der Waals surface area contributed by atoms with Gasteiger partial charge in [0, 0.05) is 44.2 Å². The molecule has 1 saturated heterocycles. The van der Waals surface area contributed by atoms with Crippen molar-refractivity contribution in [3.05, 3.63) is 33.4 Å². The van der Waals surface area contributed by atoms with E-state index in [9.17, 15) is 14.4 Å². The van der Waals surface area contributed by atoms with E-state index in [-0.39, 0.29) is 41.8 Å². The van der Waals surface area contributed by atoms with E-state index in [1.54, 1.807) is 9.47 Å². The molecule has 1 fully saturated rings. The molecule has 2 aliphatic heterocycles. The fraction of sp³-hybridized carbons (Fsp3) is 0.652. The highest BCUT2D eigenvalue weighted by Crippen LogP contribution is 2.26. The second kappa shape index (κ2) is 8.03. The van der Waals surface area contributed by atoms with Crippen molar-refractivity contribution in [1.82, 2.24) is 28.9 Å². The molecule has 2 amide bonds. The van der Waals surface area contributed by atoms with Crippen LogP contribution in [0.5, 0.6) is 0 Å². The lowest BCUT2D eigenvalue weighted by Gasteiger charge is -2.32. The van der Waals surface area contributed by atoms with Crippen molar-refractivity contribution in [3.63, 3.8) is 0 Å². The molecule has 4 rings (SSSR count). The molecular weight excluding hydrogens is 408 g/mol. The molecule has 0 spiro atoms. The van der Waals surface area contributed by atoms with Crippen LogP contribution in [0.4, 0.5) is 0 Å². The second-order valence-corrected chi connectivity index (χ2v) is 10.5. The summed E-state index contributed by atoms with van der Waals surface area (Å²) in [6, 6.07) is 1.84. The van der Waals surface area contributed by atoms with Crippen molar-refractivity contribution >= 4 is 17.5 Å². The Bertz CT molecular complexity index is 1120. The number of likely N-dealkylation sites (N-methyl/N-ethyl adjacent to an activating group) is 1. The number of amides is 2. The fourth-order valence-electron chi connectivity index (χ4n) is 4.42. The fourth-order valence-corrected chi connectivity index (χ4v) is 4.42. The number of hydrogen-bond donors (Lipinski definition) is 0. The van der Waals surface area contributed by atoms with E-state index in [0.29, 0.717) is 36.5 Å². The summed E-state index contributed by atoms with van der Waals surface area (Å²) >= 11 is 0. The Morgan fingerprint density at radius 1 is 1.12 bits per heavy atom. The lowest BCUT2D eigenvalue weighted by Crippen LogP contribution is -2.48. The zero-order valence-corrected chi connectivity index (χ0v) is 20.0. The van der Waals surface area contributed by atoms with Crippen LogP contribution in [0.25, 0.3) is 5.65 Å². The number of hydrogen-bond acceptors (Lipinski definition) is 5. The molecule has 2 aromatic heterocycles. The molecule has 2 aromatic rings. The Labute approximate surface area is 188 Å². The molecule has 174 valence electrons. The maximum Gasteiger partial charge on any atom is 0.280 e. The Morgan fingerprint density at radius 2 is 1.78 bits per heavy atom. The van der Waals surface area contributed by atoms with Crippen molar-refractivity contribution in [1.29, 1.82) is 0 Å². The molecule has 0 N–H and O–H groups in total. The number of fused-ring (bicyclic) bond motifs is 2. The highest BCUT2D eigenvalue weighted by atomic mass is 16.2. The second-order valence-electron chi connectivity index (χ2n) is 10.5. The predicted molar refractivity (Wildman–Crippen MR) is 122 cm³/mol. The van der Waals surface area contributed by atoms with Crippen LogP contribution < -0.4 is 5.56 Å². The minimum absolute atomic E-state index is 0.0202. The number of aromatic nitrogens is 3. The van der Waals surface area contributed by atoms with Gasteiger partial charge in [-0.15, -0.1) is 0 Å². The molecule has 4 heterocycles. The van der Waals surface area contributed by atoms with Crippen LogP contribution in [0.2, 0.25) is 0 Å². The minimum atomic E-state index is -0.270. The molecule has 0 aliphatic carbocycles. The highest BCUT2D eigenvalue weighted by Gasteiger charge is 2.36. The van der Waals surface area contributed by atoms with Gasteiger partial charge in [0.1, 0.15) is 17.9 Å². The van der Waals surface area contributed by atoms with E-state index < -0.39 is 0 Å². The van der Waals surface area contributed by atoms with E-state index in [1.165, 1.54) is 4.52 Å². The van der Waals surface area contributed by atoms with Crippen molar-refractivity contribution in [2.24, 2.45) is 5.92 Å². The number of carbonyl (C=O) groups excluding carboxylic acids is 2. The van der Waals surface area contributed by atoms with Crippen LogP contribution >= 0.6 is 0 Å². The van der Waals surface area contributed by atoms with Crippen molar-refractivity contribution in [2.75, 3.05) is 39.8 Å². The Balaban J connectivity index is 1.82. The molecule has 32 heavy (non-hydrogen) atoms. The first-order valence-corrected chi connectivity index (χ1v) is 11.4. The summed E-state index contributed by atoms with van der Waals surface area (Å²) in [6.07, 6.45) is 0. The molecule has 0 saturated carbocycles. The third kappa shape index (κ3) is 3.94. The van der Waals surface area contributed by atoms with Gasteiger partial charge in [-0.1, -0.05) is 34.6 Å². The van der Waals surface area contributed by atoms with Crippen LogP contribution in [0.3, 0.4) is 0 Å². The van der Waals surface area contributed by atoms with Crippen LogP contribution in [0.15, 0.2) is 10.9 Å². The Morgan fingerprint density at radius 3 is 2.38 bits per heavy atom. The van der Waals surface area contributed by atoms with E-state index in [0.717, 1.165) is 18.8 Å². The molecular formula is C23H34N6O3. The molecule has 0 radical (unpaired) electrons. The summed E-state index contributed by atoms with van der Waals surface area (Å²) < 4.78 is 3.10. The standard InChI is InChI=1S/C23H34N6O3/c1-15(2)12-27-13-16-20(22(27)32)28(14-19(30)26-9-7-25(6)8-10-26)18-11-17(23(3,4)5)24-29(18)21(16)31/h11,15H,7-10,12-14H2,1-6H3. The number of piperazine rings is 1. The lowest BCUT2D eigenvalue weighted by molar-refractivity contribution is -0.133. The average Bonchev–Trinajstić information content (AvgIpc) is 3.28. The molecule has 0 atom stereocenters. The van der Waals surface area contributed by atoms with Crippen molar-refractivity contribution < 1.29 is 9.59 Å². The topological polar surface area (TPSA) is 83.2 Å². The first-order chi connectivity index (χ1) is 15.0.